The molecule has 0 amide bonds. The number of aliphatic carboxylic acids is 4. The van der Waals surface area contributed by atoms with Crippen molar-refractivity contribution < 1.29 is 56.7 Å². The Kier molecular flexibility index (Phi) is 12.7. The summed E-state index contributed by atoms with van der Waals surface area (Å²) in [7, 11) is 0. The third kappa shape index (κ3) is 10.2. The molecule has 2 rings (SSSR count). The van der Waals surface area contributed by atoms with Gasteiger partial charge in [0.25, 0.3) is 0 Å². The third-order valence-electron chi connectivity index (χ3n) is 5.63. The van der Waals surface area contributed by atoms with Gasteiger partial charge in [-0.2, -0.15) is 0 Å². The molecule has 34 heavy (non-hydrogen) atoms. The summed E-state index contributed by atoms with van der Waals surface area (Å²) in [4.78, 5) is 47.9. The second kappa shape index (κ2) is 14.7. The van der Waals surface area contributed by atoms with E-state index in [9.17, 15) is 34.5 Å². The van der Waals surface area contributed by atoms with Crippen LogP contribution in [0.5, 0.6) is 0 Å². The van der Waals surface area contributed by atoms with E-state index in [4.69, 9.17) is 5.11 Å². The number of aryl methyl sites for hydroxylation is 1. The summed E-state index contributed by atoms with van der Waals surface area (Å²) in [5, 5.41) is 44.8. The second-order valence-electron chi connectivity index (χ2n) is 8.23. The summed E-state index contributed by atoms with van der Waals surface area (Å²) in [6.45, 7) is -0.546. The first-order valence-corrected chi connectivity index (χ1v) is 10.9. The fourth-order valence-electron chi connectivity index (χ4n) is 4.32. The maximum atomic E-state index is 11.6. The maximum absolute atomic E-state index is 11.6. The monoisotopic (exact) mass is 533 g/mol. The van der Waals surface area contributed by atoms with Crippen molar-refractivity contribution in [3.05, 3.63) is 11.9 Å². The number of hydrogen-bond acceptors (Lipinski definition) is 8. The van der Waals surface area contributed by atoms with E-state index in [0.29, 0.717) is 37.9 Å². The number of rotatable bonds is 15. The van der Waals surface area contributed by atoms with Gasteiger partial charge in [0.15, 0.2) is 0 Å². The SMILES string of the molecule is O=C(O)CCCCn1cc(CN(CC(=O)O)C2CCCCC2N(CC(=O)O)CC(=O)O)nn1.[64Cu+2]. The summed E-state index contributed by atoms with van der Waals surface area (Å²) in [5.41, 5.74) is 0.529. The van der Waals surface area contributed by atoms with Crippen LogP contribution in [0.2, 0.25) is 0 Å². The molecule has 0 bridgehead atoms. The maximum Gasteiger partial charge on any atom is 2.00 e. The van der Waals surface area contributed by atoms with Crippen LogP contribution < -0.4 is 0 Å². The van der Waals surface area contributed by atoms with Crippen LogP contribution in [0.4, 0.5) is 0 Å². The van der Waals surface area contributed by atoms with Crippen LogP contribution in [0.3, 0.4) is 0 Å². The average molecular weight is 533 g/mol. The van der Waals surface area contributed by atoms with Gasteiger partial charge in [0, 0.05) is 37.8 Å². The molecule has 1 aliphatic carbocycles. The molecular formula is C20H31CuN5O8+2. The topological polar surface area (TPSA) is 186 Å². The third-order valence-corrected chi connectivity index (χ3v) is 5.63. The molecule has 4 N–H and O–H groups in total. The van der Waals surface area contributed by atoms with Crippen molar-refractivity contribution in [2.75, 3.05) is 19.6 Å². The molecule has 2 unspecified atom stereocenters. The average Bonchev–Trinajstić information content (AvgIpc) is 3.16. The summed E-state index contributed by atoms with van der Waals surface area (Å²) >= 11 is 0. The minimum absolute atomic E-state index is 0. The van der Waals surface area contributed by atoms with Gasteiger partial charge in [-0.25, -0.2) is 0 Å². The van der Waals surface area contributed by atoms with Crippen LogP contribution in [0.25, 0.3) is 0 Å². The number of carbonyl (C=O) groups is 4. The number of nitrogens with zero attached hydrogens (tertiary/aromatic N) is 5. The van der Waals surface area contributed by atoms with Crippen molar-refractivity contribution in [3.8, 4) is 0 Å². The van der Waals surface area contributed by atoms with Gasteiger partial charge in [0.2, 0.25) is 0 Å². The molecule has 193 valence electrons. The molecule has 1 aromatic rings. The van der Waals surface area contributed by atoms with Gasteiger partial charge in [-0.1, -0.05) is 18.1 Å². The molecule has 1 aromatic heterocycles. The first-order chi connectivity index (χ1) is 15.7. The van der Waals surface area contributed by atoms with Gasteiger partial charge in [-0.15, -0.1) is 5.10 Å². The first-order valence-electron chi connectivity index (χ1n) is 10.9. The number of carboxylic acids is 4. The fourth-order valence-corrected chi connectivity index (χ4v) is 4.32. The number of unbranched alkanes of at least 4 members (excludes halogenated alkanes) is 1. The van der Waals surface area contributed by atoms with E-state index in [-0.39, 0.29) is 42.6 Å². The number of hydrogen-bond donors (Lipinski definition) is 4. The van der Waals surface area contributed by atoms with E-state index < -0.39 is 43.0 Å². The quantitative estimate of drug-likeness (QED) is 0.177. The molecule has 1 saturated carbocycles. The molecule has 0 spiro atoms. The second-order valence-corrected chi connectivity index (χ2v) is 8.23. The molecule has 14 heteroatoms. The van der Waals surface area contributed by atoms with Gasteiger partial charge < -0.3 is 20.4 Å². The molecule has 2 atom stereocenters. The number of aromatic nitrogens is 3. The minimum atomic E-state index is -1.14. The summed E-state index contributed by atoms with van der Waals surface area (Å²) in [6.07, 6.45) is 5.65. The van der Waals surface area contributed by atoms with E-state index in [1.165, 1.54) is 4.90 Å². The Hall–Kier alpha value is -2.54. The minimum Gasteiger partial charge on any atom is -0.481 e. The molecule has 1 aliphatic rings. The van der Waals surface area contributed by atoms with E-state index in [2.05, 4.69) is 10.3 Å². The van der Waals surface area contributed by atoms with Crippen LogP contribution in [0, 0.1) is 0 Å². The predicted molar refractivity (Wildman–Crippen MR) is 112 cm³/mol. The molecular weight excluding hydrogens is 502 g/mol. The van der Waals surface area contributed by atoms with Crippen molar-refractivity contribution in [2.24, 2.45) is 0 Å². The Morgan fingerprint density at radius 1 is 0.853 bits per heavy atom. The zero-order chi connectivity index (χ0) is 24.4. The zero-order valence-electron chi connectivity index (χ0n) is 18.7. The Labute approximate surface area is 207 Å². The van der Waals surface area contributed by atoms with E-state index in [1.807, 2.05) is 0 Å². The van der Waals surface area contributed by atoms with E-state index >= 15 is 0 Å². The summed E-state index contributed by atoms with van der Waals surface area (Å²) in [5.74, 6) is -4.20. The van der Waals surface area contributed by atoms with Crippen LogP contribution in [0.15, 0.2) is 6.20 Å². The Morgan fingerprint density at radius 2 is 1.38 bits per heavy atom. The molecule has 0 aromatic carbocycles. The van der Waals surface area contributed by atoms with Crippen LogP contribution in [0.1, 0.15) is 50.6 Å². The van der Waals surface area contributed by atoms with Gasteiger partial charge in [-0.3, -0.25) is 33.7 Å². The fraction of sp³-hybridized carbons (Fsp3) is 0.700. The van der Waals surface area contributed by atoms with E-state index in [1.54, 1.807) is 15.8 Å². The van der Waals surface area contributed by atoms with Gasteiger partial charge in [-0.05, 0) is 25.7 Å². The van der Waals surface area contributed by atoms with Crippen LogP contribution in [-0.4, -0.2) is 101 Å². The normalized spacial score (nSPS) is 17.9. The standard InChI is InChI=1S/C20H31N5O8.Cu/c26-17(27)7-3-4-8-25-10-14(21-22-25)9-23(11-18(28)29)15-5-1-2-6-16(15)24(12-19(30)31)13-20(32)33;/h10,15-16H,1-9,11-13H2,(H,26,27)(H,28,29)(H,30,31)(H,32,33);/q;+2/i;1+0. The van der Waals surface area contributed by atoms with Crippen molar-refractivity contribution in [3.63, 3.8) is 0 Å². The predicted octanol–water partition coefficient (Wildman–Crippen LogP) is 0.200. The zero-order valence-corrected chi connectivity index (χ0v) is 19.6. The molecule has 13 nitrogen and oxygen atoms in total. The Bertz CT molecular complexity index is 820. The largest absolute Gasteiger partial charge is 2.00 e. The summed E-state index contributed by atoms with van der Waals surface area (Å²) in [6, 6.07) is -0.773. The Morgan fingerprint density at radius 3 is 1.91 bits per heavy atom. The molecule has 0 saturated heterocycles. The van der Waals surface area contributed by atoms with Crippen molar-refractivity contribution in [2.45, 2.75) is 70.1 Å². The van der Waals surface area contributed by atoms with Gasteiger partial charge in [0.05, 0.1) is 25.3 Å². The Balaban J connectivity index is 0.00000578. The molecule has 1 heterocycles. The van der Waals surface area contributed by atoms with Gasteiger partial charge in [0.1, 0.15) is 0 Å². The van der Waals surface area contributed by atoms with Crippen LogP contribution in [-0.2, 0) is 49.3 Å². The molecule has 0 aliphatic heterocycles. The summed E-state index contributed by atoms with van der Waals surface area (Å²) < 4.78 is 1.58. The van der Waals surface area contributed by atoms with Crippen molar-refractivity contribution in [1.82, 2.24) is 24.8 Å². The van der Waals surface area contributed by atoms with Gasteiger partial charge >= 0.3 is 40.9 Å². The first kappa shape index (κ1) is 29.5. The van der Waals surface area contributed by atoms with Crippen LogP contribution >= 0.6 is 0 Å². The molecule has 1 fully saturated rings. The van der Waals surface area contributed by atoms with Crippen molar-refractivity contribution >= 4 is 23.9 Å². The molecule has 1 radical (unpaired) electrons. The van der Waals surface area contributed by atoms with Crippen molar-refractivity contribution in [1.29, 1.82) is 0 Å². The van der Waals surface area contributed by atoms with E-state index in [0.717, 1.165) is 12.8 Å². The number of carboxylic acid groups (broad SMARTS) is 4. The smallest absolute Gasteiger partial charge is 0.481 e.